The summed E-state index contributed by atoms with van der Waals surface area (Å²) in [4.78, 5) is 0. The van der Waals surface area contributed by atoms with Crippen molar-refractivity contribution in [2.75, 3.05) is 7.05 Å². The number of hydrogen-bond acceptors (Lipinski definition) is 1. The third-order valence-electron chi connectivity index (χ3n) is 3.03. The second-order valence-electron chi connectivity index (χ2n) is 4.42. The van der Waals surface area contributed by atoms with Crippen molar-refractivity contribution < 1.29 is 0 Å². The van der Waals surface area contributed by atoms with E-state index < -0.39 is 0 Å². The maximum Gasteiger partial charge on any atom is 0.0595 e. The van der Waals surface area contributed by atoms with Crippen LogP contribution in [-0.4, -0.2) is 7.05 Å². The van der Waals surface area contributed by atoms with Crippen LogP contribution in [0.2, 0.25) is 10.0 Å². The molecule has 19 heavy (non-hydrogen) atoms. The van der Waals surface area contributed by atoms with E-state index in [1.54, 1.807) is 0 Å². The Kier molecular flexibility index (Phi) is 4.91. The zero-order valence-corrected chi connectivity index (χ0v) is 13.8. The molecule has 0 spiro atoms. The quantitative estimate of drug-likeness (QED) is 0.777. The molecule has 0 aliphatic heterocycles. The minimum atomic E-state index is 0.0738. The van der Waals surface area contributed by atoms with Crippen molar-refractivity contribution in [1.82, 2.24) is 5.32 Å². The molecule has 1 unspecified atom stereocenters. The van der Waals surface area contributed by atoms with Crippen LogP contribution in [0.5, 0.6) is 0 Å². The van der Waals surface area contributed by atoms with E-state index in [4.69, 9.17) is 23.2 Å². The summed E-state index contributed by atoms with van der Waals surface area (Å²) in [6.07, 6.45) is 0. The van der Waals surface area contributed by atoms with Gasteiger partial charge in [-0.3, -0.25) is 0 Å². The molecule has 1 N–H and O–H groups in total. The van der Waals surface area contributed by atoms with Gasteiger partial charge in [0.15, 0.2) is 0 Å². The highest BCUT2D eigenvalue weighted by Crippen LogP contribution is 2.32. The monoisotopic (exact) mass is 357 g/mol. The Hall–Kier alpha value is -0.540. The summed E-state index contributed by atoms with van der Waals surface area (Å²) in [5.41, 5.74) is 3.48. The Morgan fingerprint density at radius 2 is 1.79 bits per heavy atom. The molecule has 2 aromatic carbocycles. The molecular weight excluding hydrogens is 345 g/mol. The molecule has 0 saturated carbocycles. The van der Waals surface area contributed by atoms with Crippen molar-refractivity contribution >= 4 is 39.1 Å². The summed E-state index contributed by atoms with van der Waals surface area (Å²) in [5, 5.41) is 4.45. The van der Waals surface area contributed by atoms with Crippen LogP contribution in [0.1, 0.15) is 22.7 Å². The van der Waals surface area contributed by atoms with Crippen LogP contribution in [0.4, 0.5) is 0 Å². The summed E-state index contributed by atoms with van der Waals surface area (Å²) in [6, 6.07) is 12.1. The first-order chi connectivity index (χ1) is 9.02. The van der Waals surface area contributed by atoms with Crippen molar-refractivity contribution in [3.05, 3.63) is 67.6 Å². The molecule has 0 radical (unpaired) electrons. The highest BCUT2D eigenvalue weighted by molar-refractivity contribution is 9.10. The lowest BCUT2D eigenvalue weighted by Crippen LogP contribution is -2.18. The number of benzene rings is 2. The van der Waals surface area contributed by atoms with Crippen LogP contribution in [0, 0.1) is 6.92 Å². The second-order valence-corrected chi connectivity index (χ2v) is 6.09. The lowest BCUT2D eigenvalue weighted by molar-refractivity contribution is 0.689. The van der Waals surface area contributed by atoms with Gasteiger partial charge in [-0.15, -0.1) is 0 Å². The smallest absolute Gasteiger partial charge is 0.0595 e. The summed E-state index contributed by atoms with van der Waals surface area (Å²) >= 11 is 15.7. The molecule has 0 bridgehead atoms. The van der Waals surface area contributed by atoms with E-state index in [1.807, 2.05) is 25.2 Å². The molecule has 0 aromatic heterocycles. The summed E-state index contributed by atoms with van der Waals surface area (Å²) < 4.78 is 1.08. The molecule has 1 atom stereocenters. The third kappa shape index (κ3) is 3.32. The van der Waals surface area contributed by atoms with Crippen LogP contribution < -0.4 is 5.32 Å². The number of aryl methyl sites for hydroxylation is 1. The largest absolute Gasteiger partial charge is 0.309 e. The normalized spacial score (nSPS) is 12.5. The van der Waals surface area contributed by atoms with Gasteiger partial charge in [0.1, 0.15) is 0 Å². The fraction of sp³-hybridized carbons (Fsp3) is 0.200. The molecule has 4 heteroatoms. The average Bonchev–Trinajstić information content (AvgIpc) is 2.37. The maximum absolute atomic E-state index is 6.10. The molecule has 0 fully saturated rings. The first-order valence-electron chi connectivity index (χ1n) is 5.91. The van der Waals surface area contributed by atoms with E-state index in [1.165, 1.54) is 11.1 Å². The van der Waals surface area contributed by atoms with Gasteiger partial charge in [0.25, 0.3) is 0 Å². The van der Waals surface area contributed by atoms with E-state index >= 15 is 0 Å². The van der Waals surface area contributed by atoms with E-state index in [0.29, 0.717) is 10.0 Å². The van der Waals surface area contributed by atoms with Gasteiger partial charge in [-0.1, -0.05) is 57.3 Å². The predicted octanol–water partition coefficient (Wildman–Crippen LogP) is 5.37. The highest BCUT2D eigenvalue weighted by atomic mass is 79.9. The molecular formula is C15H14BrCl2N. The van der Waals surface area contributed by atoms with Gasteiger partial charge in [-0.05, 0) is 48.9 Å². The van der Waals surface area contributed by atoms with Crippen LogP contribution in [0.25, 0.3) is 0 Å². The van der Waals surface area contributed by atoms with Gasteiger partial charge in [0, 0.05) is 4.47 Å². The van der Waals surface area contributed by atoms with Crippen molar-refractivity contribution in [1.29, 1.82) is 0 Å². The lowest BCUT2D eigenvalue weighted by atomic mass is 9.98. The van der Waals surface area contributed by atoms with Gasteiger partial charge in [-0.2, -0.15) is 0 Å². The van der Waals surface area contributed by atoms with Gasteiger partial charge < -0.3 is 5.32 Å². The van der Waals surface area contributed by atoms with Gasteiger partial charge >= 0.3 is 0 Å². The molecule has 2 rings (SSSR count). The fourth-order valence-electron chi connectivity index (χ4n) is 2.06. The Balaban J connectivity index is 2.46. The number of rotatable bonds is 3. The molecule has 2 aromatic rings. The number of halogens is 3. The standard InChI is InChI=1S/C15H14BrCl2N/c1-9-3-5-11(12(16)7-9)15(19-2)10-4-6-13(17)14(18)8-10/h3-8,15,19H,1-2H3. The van der Waals surface area contributed by atoms with Gasteiger partial charge in [0.05, 0.1) is 16.1 Å². The summed E-state index contributed by atoms with van der Waals surface area (Å²) in [5.74, 6) is 0. The minimum absolute atomic E-state index is 0.0738. The maximum atomic E-state index is 6.10. The summed E-state index contributed by atoms with van der Waals surface area (Å²) in [6.45, 7) is 2.07. The van der Waals surface area contributed by atoms with Crippen LogP contribution >= 0.6 is 39.1 Å². The molecule has 0 heterocycles. The molecule has 0 amide bonds. The average molecular weight is 359 g/mol. The zero-order valence-electron chi connectivity index (χ0n) is 10.7. The van der Waals surface area contributed by atoms with Crippen molar-refractivity contribution in [3.63, 3.8) is 0 Å². The Morgan fingerprint density at radius 1 is 1.05 bits per heavy atom. The summed E-state index contributed by atoms with van der Waals surface area (Å²) in [7, 11) is 1.93. The van der Waals surface area contributed by atoms with Crippen LogP contribution in [0.3, 0.4) is 0 Å². The predicted molar refractivity (Wildman–Crippen MR) is 86.2 cm³/mol. The van der Waals surface area contributed by atoms with E-state index in [-0.39, 0.29) is 6.04 Å². The van der Waals surface area contributed by atoms with E-state index in [9.17, 15) is 0 Å². The topological polar surface area (TPSA) is 12.0 Å². The van der Waals surface area contributed by atoms with Crippen molar-refractivity contribution in [3.8, 4) is 0 Å². The second kappa shape index (κ2) is 6.27. The molecule has 0 aliphatic rings. The molecule has 0 aliphatic carbocycles. The lowest BCUT2D eigenvalue weighted by Gasteiger charge is -2.19. The Bertz CT molecular complexity index is 599. The fourth-order valence-corrected chi connectivity index (χ4v) is 3.09. The SMILES string of the molecule is CNC(c1ccc(Cl)c(Cl)c1)c1ccc(C)cc1Br. The molecule has 0 saturated heterocycles. The van der Waals surface area contributed by atoms with Crippen molar-refractivity contribution in [2.45, 2.75) is 13.0 Å². The Labute approximate surface area is 132 Å². The number of hydrogen-bond donors (Lipinski definition) is 1. The minimum Gasteiger partial charge on any atom is -0.309 e. The van der Waals surface area contributed by atoms with Gasteiger partial charge in [-0.25, -0.2) is 0 Å². The molecule has 1 nitrogen and oxygen atoms in total. The van der Waals surface area contributed by atoms with E-state index in [0.717, 1.165) is 10.0 Å². The molecule has 100 valence electrons. The van der Waals surface area contributed by atoms with Gasteiger partial charge in [0.2, 0.25) is 0 Å². The van der Waals surface area contributed by atoms with Crippen LogP contribution in [0.15, 0.2) is 40.9 Å². The first kappa shape index (κ1) is 14.9. The van der Waals surface area contributed by atoms with Crippen molar-refractivity contribution in [2.24, 2.45) is 0 Å². The third-order valence-corrected chi connectivity index (χ3v) is 4.46. The van der Waals surface area contributed by atoms with Crippen LogP contribution in [-0.2, 0) is 0 Å². The first-order valence-corrected chi connectivity index (χ1v) is 7.46. The number of nitrogens with one attached hydrogen (secondary N) is 1. The zero-order chi connectivity index (χ0) is 14.0. The highest BCUT2D eigenvalue weighted by Gasteiger charge is 2.15. The Morgan fingerprint density at radius 3 is 2.37 bits per heavy atom. The van der Waals surface area contributed by atoms with E-state index in [2.05, 4.69) is 46.4 Å².